The first kappa shape index (κ1) is 19.1. The summed E-state index contributed by atoms with van der Waals surface area (Å²) in [4.78, 5) is 0. The molecular weight excluding hydrogens is 491 g/mol. The van der Waals surface area contributed by atoms with Gasteiger partial charge in [0, 0.05) is 0 Å². The van der Waals surface area contributed by atoms with Gasteiger partial charge in [-0.05, 0) is 0 Å². The van der Waals surface area contributed by atoms with Crippen LogP contribution in [0, 0.1) is 0 Å². The van der Waals surface area contributed by atoms with Gasteiger partial charge in [0.05, 0.1) is 0 Å². The molecule has 0 saturated carbocycles. The molecule has 2 aromatic carbocycles. The average molecular weight is 521 g/mol. The zero-order valence-electron chi connectivity index (χ0n) is 17.1. The van der Waals surface area contributed by atoms with Gasteiger partial charge < -0.3 is 0 Å². The number of hydrogen-bond acceptors (Lipinski definition) is 0. The Morgan fingerprint density at radius 3 is 1.44 bits per heavy atom. The second kappa shape index (κ2) is 8.03. The van der Waals surface area contributed by atoms with Crippen molar-refractivity contribution in [1.29, 1.82) is 0 Å². The number of allylic oxidation sites excluding steroid dienone is 2. The average Bonchev–Trinajstić information content (AvgIpc) is 3.26. The second-order valence-electron chi connectivity index (χ2n) is 7.73. The second-order valence-corrected chi connectivity index (χ2v) is 13.1. The third kappa shape index (κ3) is 3.27. The van der Waals surface area contributed by atoms with Crippen LogP contribution in [0.2, 0.25) is 0 Å². The molecule has 0 aromatic heterocycles. The Morgan fingerprint density at radius 1 is 0.630 bits per heavy atom. The van der Waals surface area contributed by atoms with Crippen LogP contribution in [0.15, 0.2) is 47.5 Å². The van der Waals surface area contributed by atoms with Crippen LogP contribution >= 0.6 is 0 Å². The van der Waals surface area contributed by atoms with E-state index < -0.39 is 22.9 Å². The van der Waals surface area contributed by atoms with Crippen LogP contribution < -0.4 is 0 Å². The zero-order valence-corrected chi connectivity index (χ0v) is 20.7. The Morgan fingerprint density at radius 2 is 1.07 bits per heavy atom. The summed E-state index contributed by atoms with van der Waals surface area (Å²) in [7, 11) is 0. The molecule has 0 radical (unpaired) electrons. The molecule has 2 unspecified atom stereocenters. The van der Waals surface area contributed by atoms with Crippen molar-refractivity contribution >= 4 is 12.2 Å². The number of benzene rings is 2. The Balaban J connectivity index is 1.74. The molecule has 0 heterocycles. The molecule has 0 N–H and O–H groups in total. The molecule has 27 heavy (non-hydrogen) atoms. The van der Waals surface area contributed by atoms with E-state index in [4.69, 9.17) is 0 Å². The molecule has 2 aliphatic rings. The summed E-state index contributed by atoms with van der Waals surface area (Å²) in [6.07, 6.45) is 9.80. The van der Waals surface area contributed by atoms with E-state index in [1.54, 1.807) is 33.4 Å². The van der Waals surface area contributed by atoms with Crippen molar-refractivity contribution in [3.8, 4) is 0 Å². The fourth-order valence-corrected chi connectivity index (χ4v) is 12.7. The molecule has 0 bridgehead atoms. The van der Waals surface area contributed by atoms with E-state index in [-0.39, 0.29) is 0 Å². The first-order valence-corrected chi connectivity index (χ1v) is 14.8. The van der Waals surface area contributed by atoms with Gasteiger partial charge >= 0.3 is 177 Å². The molecule has 2 atom stereocenters. The molecule has 1 heteroatoms. The van der Waals surface area contributed by atoms with Crippen LogP contribution in [-0.2, 0) is 35.7 Å². The molecule has 0 aliphatic heterocycles. The molecule has 2 aromatic rings. The van der Waals surface area contributed by atoms with E-state index in [0.717, 1.165) is 20.2 Å². The Labute approximate surface area is 176 Å². The Bertz CT molecular complexity index is 840. The molecule has 2 aliphatic carbocycles. The molecule has 138 valence electrons. The summed E-state index contributed by atoms with van der Waals surface area (Å²) in [5.41, 5.74) is 12.9. The molecule has 0 nitrogen and oxygen atoms in total. The monoisotopic (exact) mass is 522 g/mol. The molecule has 0 spiro atoms. The number of hydrogen-bond donors (Lipinski definition) is 0. The van der Waals surface area contributed by atoms with Gasteiger partial charge in [0.1, 0.15) is 0 Å². The summed E-state index contributed by atoms with van der Waals surface area (Å²) in [5, 5.41) is 0. The van der Waals surface area contributed by atoms with Crippen molar-refractivity contribution in [2.75, 3.05) is 0 Å². The number of aryl methyl sites for hydroxylation is 2. The third-order valence-electron chi connectivity index (χ3n) is 6.39. The van der Waals surface area contributed by atoms with Crippen LogP contribution in [0.25, 0.3) is 12.2 Å². The quantitative estimate of drug-likeness (QED) is 0.351. The van der Waals surface area contributed by atoms with Crippen molar-refractivity contribution in [2.45, 2.75) is 60.7 Å². The summed E-state index contributed by atoms with van der Waals surface area (Å²) in [6.45, 7) is 9.30. The first-order valence-electron chi connectivity index (χ1n) is 10.6. The van der Waals surface area contributed by atoms with Crippen LogP contribution in [0.1, 0.15) is 81.3 Å². The first-order chi connectivity index (χ1) is 13.2. The standard InChI is InChI=1S/2C13H15.Hf/c2*1-3-10-8-12-7-5-6-11(4-2)13(12)9-10;/h2*5-9H,3-4H2,1-2H3;. The van der Waals surface area contributed by atoms with E-state index in [1.165, 1.54) is 24.0 Å². The minimum atomic E-state index is -0.984. The summed E-state index contributed by atoms with van der Waals surface area (Å²) < 4.78 is 1.54. The SMILES string of the molecule is CCC1=Cc2c(CC)cccc2[CH]1[Hf][CH]1C(CC)=Cc2c(CC)cccc21. The number of fused-ring (bicyclic) bond motifs is 2. The van der Waals surface area contributed by atoms with Gasteiger partial charge in [-0.25, -0.2) is 0 Å². The maximum atomic E-state index is 2.56. The summed E-state index contributed by atoms with van der Waals surface area (Å²) in [5.74, 6) is 0. The minimum absolute atomic E-state index is 0.771. The predicted octanol–water partition coefficient (Wildman–Crippen LogP) is 7.29. The molecule has 0 amide bonds. The van der Waals surface area contributed by atoms with E-state index >= 15 is 0 Å². The third-order valence-corrected chi connectivity index (χ3v) is 13.7. The summed E-state index contributed by atoms with van der Waals surface area (Å²) in [6, 6.07) is 14.1. The van der Waals surface area contributed by atoms with Gasteiger partial charge in [-0.2, -0.15) is 0 Å². The van der Waals surface area contributed by atoms with Crippen LogP contribution in [-0.4, -0.2) is 0 Å². The van der Waals surface area contributed by atoms with Crippen molar-refractivity contribution < 1.29 is 22.9 Å². The molecule has 0 fully saturated rings. The van der Waals surface area contributed by atoms with Gasteiger partial charge in [0.25, 0.3) is 0 Å². The Kier molecular flexibility index (Phi) is 5.69. The van der Waals surface area contributed by atoms with Crippen molar-refractivity contribution in [3.05, 3.63) is 80.9 Å². The van der Waals surface area contributed by atoms with Gasteiger partial charge in [-0.15, -0.1) is 0 Å². The van der Waals surface area contributed by atoms with Gasteiger partial charge in [0.15, 0.2) is 0 Å². The molecule has 0 saturated heterocycles. The van der Waals surface area contributed by atoms with Gasteiger partial charge in [-0.3, -0.25) is 0 Å². The normalized spacial score (nSPS) is 20.1. The Hall–Kier alpha value is -1.21. The van der Waals surface area contributed by atoms with Crippen molar-refractivity contribution in [3.63, 3.8) is 0 Å². The van der Waals surface area contributed by atoms with E-state index in [2.05, 4.69) is 76.2 Å². The summed E-state index contributed by atoms with van der Waals surface area (Å²) >= 11 is -0.984. The van der Waals surface area contributed by atoms with Gasteiger partial charge in [0.2, 0.25) is 0 Å². The van der Waals surface area contributed by atoms with Crippen LogP contribution in [0.3, 0.4) is 0 Å². The number of rotatable bonds is 6. The fourth-order valence-electron chi connectivity index (χ4n) is 4.85. The van der Waals surface area contributed by atoms with Crippen LogP contribution in [0.5, 0.6) is 0 Å². The van der Waals surface area contributed by atoms with Gasteiger partial charge in [-0.1, -0.05) is 0 Å². The predicted molar refractivity (Wildman–Crippen MR) is 114 cm³/mol. The molecular formula is C26H30Hf. The maximum absolute atomic E-state index is 2.56. The van der Waals surface area contributed by atoms with E-state index in [9.17, 15) is 0 Å². The topological polar surface area (TPSA) is 0 Å². The fraction of sp³-hybridized carbons (Fsp3) is 0.385. The molecule has 4 rings (SSSR count). The van der Waals surface area contributed by atoms with E-state index in [0.29, 0.717) is 0 Å². The van der Waals surface area contributed by atoms with Crippen molar-refractivity contribution in [1.82, 2.24) is 0 Å². The zero-order chi connectivity index (χ0) is 19.0. The van der Waals surface area contributed by atoms with Crippen LogP contribution in [0.4, 0.5) is 0 Å². The van der Waals surface area contributed by atoms with Crippen molar-refractivity contribution in [2.24, 2.45) is 0 Å². The van der Waals surface area contributed by atoms with E-state index in [1.807, 2.05) is 0 Å².